The molecule has 4 rings (SSSR count). The lowest BCUT2D eigenvalue weighted by atomic mass is 10.1. The van der Waals surface area contributed by atoms with E-state index in [1.165, 1.54) is 24.5 Å². The molecule has 3 aromatic rings. The highest BCUT2D eigenvalue weighted by atomic mass is 35.5. The van der Waals surface area contributed by atoms with E-state index in [0.29, 0.717) is 16.5 Å². The van der Waals surface area contributed by atoms with Gasteiger partial charge in [-0.1, -0.05) is 17.7 Å². The number of esters is 1. The van der Waals surface area contributed by atoms with Crippen LogP contribution in [0, 0.1) is 6.92 Å². The number of imide groups is 1. The van der Waals surface area contributed by atoms with Gasteiger partial charge < -0.3 is 14.5 Å². The van der Waals surface area contributed by atoms with Crippen molar-refractivity contribution in [1.29, 1.82) is 0 Å². The smallest absolute Gasteiger partial charge is 0.338 e. The molecule has 9 heteroatoms. The van der Waals surface area contributed by atoms with Crippen molar-refractivity contribution in [3.05, 3.63) is 87.8 Å². The Morgan fingerprint density at radius 3 is 2.56 bits per heavy atom. The summed E-state index contributed by atoms with van der Waals surface area (Å²) in [6, 6.07) is 12.4. The molecule has 0 aliphatic carbocycles. The Morgan fingerprint density at radius 1 is 1.06 bits per heavy atom. The molecular formula is C23H17ClN2O6. The molecular weight excluding hydrogens is 436 g/mol. The number of ether oxygens (including phenoxy) is 1. The van der Waals surface area contributed by atoms with Gasteiger partial charge in [-0.3, -0.25) is 19.3 Å². The van der Waals surface area contributed by atoms with Gasteiger partial charge in [-0.25, -0.2) is 4.79 Å². The van der Waals surface area contributed by atoms with Crippen molar-refractivity contribution in [2.75, 3.05) is 11.9 Å². The fraction of sp³-hybridized carbons (Fsp3) is 0.130. The van der Waals surface area contributed by atoms with Crippen LogP contribution in [0.2, 0.25) is 5.02 Å². The number of hydrogen-bond donors (Lipinski definition) is 1. The van der Waals surface area contributed by atoms with Gasteiger partial charge in [-0.15, -0.1) is 0 Å². The fourth-order valence-corrected chi connectivity index (χ4v) is 3.38. The number of anilines is 1. The van der Waals surface area contributed by atoms with E-state index in [1.807, 2.05) is 6.92 Å². The zero-order valence-electron chi connectivity index (χ0n) is 16.9. The number of halogens is 1. The van der Waals surface area contributed by atoms with Crippen molar-refractivity contribution in [2.45, 2.75) is 13.5 Å². The molecule has 0 spiro atoms. The van der Waals surface area contributed by atoms with Gasteiger partial charge >= 0.3 is 5.97 Å². The first kappa shape index (κ1) is 21.3. The Labute approximate surface area is 187 Å². The molecule has 0 saturated carbocycles. The summed E-state index contributed by atoms with van der Waals surface area (Å²) < 4.78 is 10.2. The maximum Gasteiger partial charge on any atom is 0.338 e. The summed E-state index contributed by atoms with van der Waals surface area (Å²) in [5.41, 5.74) is 1.67. The molecule has 0 unspecified atom stereocenters. The first-order valence-electron chi connectivity index (χ1n) is 9.59. The van der Waals surface area contributed by atoms with E-state index in [9.17, 15) is 19.2 Å². The molecule has 1 aliphatic rings. The number of nitrogens with zero attached hydrogens (tertiary/aromatic N) is 1. The molecule has 2 heterocycles. The van der Waals surface area contributed by atoms with Gasteiger partial charge in [-0.05, 0) is 55.0 Å². The van der Waals surface area contributed by atoms with Crippen LogP contribution in [0.15, 0.2) is 59.2 Å². The molecule has 3 amide bonds. The molecule has 32 heavy (non-hydrogen) atoms. The quantitative estimate of drug-likeness (QED) is 0.450. The number of benzene rings is 2. The number of nitrogens with one attached hydrogen (secondary N) is 1. The lowest BCUT2D eigenvalue weighted by Gasteiger charge is -2.11. The van der Waals surface area contributed by atoms with Crippen LogP contribution in [0.25, 0.3) is 0 Å². The number of aryl methyl sites for hydroxylation is 1. The largest absolute Gasteiger partial charge is 0.467 e. The minimum absolute atomic E-state index is 0.0116. The Morgan fingerprint density at radius 2 is 1.84 bits per heavy atom. The summed E-state index contributed by atoms with van der Waals surface area (Å²) in [6.07, 6.45) is 1.45. The molecule has 0 saturated heterocycles. The zero-order chi connectivity index (χ0) is 22.8. The van der Waals surface area contributed by atoms with E-state index < -0.39 is 30.3 Å². The Hall–Kier alpha value is -3.91. The third kappa shape index (κ3) is 4.26. The predicted molar refractivity (Wildman–Crippen MR) is 114 cm³/mol. The molecule has 0 fully saturated rings. The number of rotatable bonds is 6. The lowest BCUT2D eigenvalue weighted by molar-refractivity contribution is -0.119. The van der Waals surface area contributed by atoms with E-state index in [-0.39, 0.29) is 23.2 Å². The van der Waals surface area contributed by atoms with E-state index in [4.69, 9.17) is 20.8 Å². The Bertz CT molecular complexity index is 1240. The van der Waals surface area contributed by atoms with Crippen LogP contribution >= 0.6 is 11.6 Å². The number of fused-ring (bicyclic) bond motifs is 1. The minimum atomic E-state index is -0.797. The summed E-state index contributed by atoms with van der Waals surface area (Å²) in [6.45, 7) is 1.29. The summed E-state index contributed by atoms with van der Waals surface area (Å²) in [5.74, 6) is -1.90. The molecule has 1 aliphatic heterocycles. The highest BCUT2D eigenvalue weighted by molar-refractivity contribution is 6.31. The van der Waals surface area contributed by atoms with Crippen molar-refractivity contribution in [2.24, 2.45) is 0 Å². The van der Waals surface area contributed by atoms with Crippen LogP contribution in [-0.4, -0.2) is 35.2 Å². The summed E-state index contributed by atoms with van der Waals surface area (Å²) in [5, 5.41) is 3.08. The first-order valence-corrected chi connectivity index (χ1v) is 9.97. The number of carbonyl (C=O) groups is 4. The van der Waals surface area contributed by atoms with Crippen LogP contribution in [0.4, 0.5) is 5.69 Å². The van der Waals surface area contributed by atoms with Crippen molar-refractivity contribution in [3.63, 3.8) is 0 Å². The van der Waals surface area contributed by atoms with Crippen LogP contribution in [0.3, 0.4) is 0 Å². The molecule has 8 nitrogen and oxygen atoms in total. The second kappa shape index (κ2) is 8.68. The van der Waals surface area contributed by atoms with E-state index in [0.717, 1.165) is 10.5 Å². The summed E-state index contributed by atoms with van der Waals surface area (Å²) in [4.78, 5) is 50.7. The van der Waals surface area contributed by atoms with Gasteiger partial charge in [0.05, 0.1) is 29.5 Å². The fourth-order valence-electron chi connectivity index (χ4n) is 3.20. The van der Waals surface area contributed by atoms with Crippen LogP contribution < -0.4 is 5.32 Å². The second-order valence-electron chi connectivity index (χ2n) is 7.12. The molecule has 2 aromatic carbocycles. The Balaban J connectivity index is 1.40. The van der Waals surface area contributed by atoms with Gasteiger partial charge in [0.1, 0.15) is 5.76 Å². The standard InChI is InChI=1S/C23H17ClN2O6/c1-13-4-6-15(10-19(13)24)25-20(27)12-32-23(30)14-5-7-17-18(9-14)22(29)26(21(17)28)11-16-3-2-8-31-16/h2-10H,11-12H2,1H3,(H,25,27). The van der Waals surface area contributed by atoms with Crippen molar-refractivity contribution < 1.29 is 28.3 Å². The second-order valence-corrected chi connectivity index (χ2v) is 7.53. The highest BCUT2D eigenvalue weighted by Crippen LogP contribution is 2.26. The van der Waals surface area contributed by atoms with Crippen LogP contribution in [0.1, 0.15) is 42.4 Å². The van der Waals surface area contributed by atoms with Gasteiger partial charge in [0.2, 0.25) is 0 Å². The topological polar surface area (TPSA) is 106 Å². The molecule has 0 bridgehead atoms. The van der Waals surface area contributed by atoms with Crippen molar-refractivity contribution in [3.8, 4) is 0 Å². The van der Waals surface area contributed by atoms with Gasteiger partial charge in [0, 0.05) is 10.7 Å². The number of carbonyl (C=O) groups excluding carboxylic acids is 4. The van der Waals surface area contributed by atoms with Gasteiger partial charge in [0.25, 0.3) is 17.7 Å². The minimum Gasteiger partial charge on any atom is -0.467 e. The van der Waals surface area contributed by atoms with E-state index in [2.05, 4.69) is 5.32 Å². The highest BCUT2D eigenvalue weighted by Gasteiger charge is 2.36. The molecule has 162 valence electrons. The van der Waals surface area contributed by atoms with Gasteiger partial charge in [0.15, 0.2) is 6.61 Å². The Kier molecular flexibility index (Phi) is 5.79. The number of hydrogen-bond acceptors (Lipinski definition) is 6. The SMILES string of the molecule is Cc1ccc(NC(=O)COC(=O)c2ccc3c(c2)C(=O)N(Cc2ccco2)C3=O)cc1Cl. The van der Waals surface area contributed by atoms with Crippen molar-refractivity contribution >= 4 is 41.0 Å². The predicted octanol–water partition coefficient (Wildman–Crippen LogP) is 3.83. The molecule has 1 aromatic heterocycles. The maximum absolute atomic E-state index is 12.7. The van der Waals surface area contributed by atoms with E-state index in [1.54, 1.807) is 30.3 Å². The molecule has 1 N–H and O–H groups in total. The summed E-state index contributed by atoms with van der Waals surface area (Å²) >= 11 is 6.03. The maximum atomic E-state index is 12.7. The summed E-state index contributed by atoms with van der Waals surface area (Å²) in [7, 11) is 0. The van der Waals surface area contributed by atoms with Crippen LogP contribution in [-0.2, 0) is 16.1 Å². The number of furan rings is 1. The average molecular weight is 453 g/mol. The average Bonchev–Trinajstić information content (AvgIpc) is 3.37. The van der Waals surface area contributed by atoms with E-state index >= 15 is 0 Å². The first-order chi connectivity index (χ1) is 15.3. The number of amides is 3. The third-order valence-electron chi connectivity index (χ3n) is 4.89. The third-order valence-corrected chi connectivity index (χ3v) is 5.30. The molecule has 0 radical (unpaired) electrons. The van der Waals surface area contributed by atoms with Crippen molar-refractivity contribution in [1.82, 2.24) is 4.90 Å². The normalized spacial score (nSPS) is 12.6. The zero-order valence-corrected chi connectivity index (χ0v) is 17.6. The molecule has 0 atom stereocenters. The van der Waals surface area contributed by atoms with Gasteiger partial charge in [-0.2, -0.15) is 0 Å². The monoisotopic (exact) mass is 452 g/mol. The van der Waals surface area contributed by atoms with Crippen LogP contribution in [0.5, 0.6) is 0 Å². The lowest BCUT2D eigenvalue weighted by Crippen LogP contribution is -2.28.